The number of rotatable bonds is 5. The lowest BCUT2D eigenvalue weighted by atomic mass is 10.2. The van der Waals surface area contributed by atoms with Crippen LogP contribution in [0.15, 0.2) is 42.5 Å². The molecule has 0 saturated heterocycles. The molecule has 0 unspecified atom stereocenters. The minimum absolute atomic E-state index is 0.323. The highest BCUT2D eigenvalue weighted by molar-refractivity contribution is 6.42. The van der Waals surface area contributed by atoms with E-state index < -0.39 is 18.5 Å². The lowest BCUT2D eigenvalue weighted by Crippen LogP contribution is -2.20. The number of carbonyl (C=O) groups is 2. The van der Waals surface area contributed by atoms with Gasteiger partial charge in [0.15, 0.2) is 6.61 Å². The molecule has 0 aromatic heterocycles. The van der Waals surface area contributed by atoms with Gasteiger partial charge in [-0.15, -0.1) is 0 Å². The summed E-state index contributed by atoms with van der Waals surface area (Å²) in [4.78, 5) is 23.4. The Bertz CT molecular complexity index is 837. The average molecular weight is 419 g/mol. The molecule has 1 amide bonds. The van der Waals surface area contributed by atoms with E-state index in [1.54, 1.807) is 30.3 Å². The van der Waals surface area contributed by atoms with Crippen molar-refractivity contribution in [3.05, 3.63) is 68.1 Å². The maximum absolute atomic E-state index is 11.8. The summed E-state index contributed by atoms with van der Waals surface area (Å²) < 4.78 is 4.85. The number of anilines is 1. The fourth-order valence-corrected chi connectivity index (χ4v) is 2.39. The molecule has 8 heteroatoms. The Labute approximate surface area is 164 Å². The Morgan fingerprint density at radius 2 is 1.68 bits per heavy atom. The van der Waals surface area contributed by atoms with E-state index in [1.165, 1.54) is 18.2 Å². The highest BCUT2D eigenvalue weighted by atomic mass is 35.5. The number of halogens is 4. The second-order valence-corrected chi connectivity index (χ2v) is 6.44. The van der Waals surface area contributed by atoms with E-state index in [2.05, 4.69) is 5.32 Å². The highest BCUT2D eigenvalue weighted by Gasteiger charge is 2.09. The van der Waals surface area contributed by atoms with Crippen molar-refractivity contribution in [2.45, 2.75) is 0 Å². The minimum Gasteiger partial charge on any atom is -0.452 e. The van der Waals surface area contributed by atoms with Gasteiger partial charge in [0, 0.05) is 11.1 Å². The van der Waals surface area contributed by atoms with E-state index in [0.717, 1.165) is 0 Å². The topological polar surface area (TPSA) is 55.4 Å². The van der Waals surface area contributed by atoms with Crippen molar-refractivity contribution in [1.82, 2.24) is 0 Å². The summed E-state index contributed by atoms with van der Waals surface area (Å²) in [5.74, 6) is -1.22. The number of amides is 1. The molecule has 0 saturated carbocycles. The normalized spacial score (nSPS) is 10.7. The molecule has 0 bridgehead atoms. The van der Waals surface area contributed by atoms with Crippen LogP contribution in [-0.2, 0) is 14.3 Å². The van der Waals surface area contributed by atoms with Crippen LogP contribution >= 0.6 is 46.4 Å². The van der Waals surface area contributed by atoms with Crippen molar-refractivity contribution >= 4 is 70.0 Å². The molecular weight excluding hydrogens is 408 g/mol. The first-order valence-electron chi connectivity index (χ1n) is 6.90. The first kappa shape index (κ1) is 19.6. The van der Waals surface area contributed by atoms with E-state index in [-0.39, 0.29) is 0 Å². The Morgan fingerprint density at radius 1 is 0.960 bits per heavy atom. The molecule has 0 aliphatic carbocycles. The Balaban J connectivity index is 1.86. The van der Waals surface area contributed by atoms with Crippen molar-refractivity contribution in [3.8, 4) is 0 Å². The van der Waals surface area contributed by atoms with Crippen molar-refractivity contribution in [1.29, 1.82) is 0 Å². The standard InChI is InChI=1S/C17H11Cl4NO3/c18-11-3-5-13(20)15(8-11)22-16(23)9-25-17(24)6-2-10-1-4-12(19)14(21)7-10/h1-8H,9H2,(H,22,23). The number of hydrogen-bond acceptors (Lipinski definition) is 3. The predicted molar refractivity (Wildman–Crippen MR) is 102 cm³/mol. The lowest BCUT2D eigenvalue weighted by molar-refractivity contribution is -0.142. The zero-order valence-corrected chi connectivity index (χ0v) is 15.6. The first-order valence-corrected chi connectivity index (χ1v) is 8.41. The smallest absolute Gasteiger partial charge is 0.331 e. The number of nitrogens with one attached hydrogen (secondary N) is 1. The Hall–Kier alpha value is -1.72. The van der Waals surface area contributed by atoms with Crippen LogP contribution in [0.25, 0.3) is 6.08 Å². The van der Waals surface area contributed by atoms with Crippen LogP contribution in [-0.4, -0.2) is 18.5 Å². The summed E-state index contributed by atoms with van der Waals surface area (Å²) in [6.07, 6.45) is 2.68. The largest absolute Gasteiger partial charge is 0.452 e. The van der Waals surface area contributed by atoms with Crippen LogP contribution in [0.2, 0.25) is 20.1 Å². The molecule has 1 N–H and O–H groups in total. The molecule has 0 fully saturated rings. The van der Waals surface area contributed by atoms with Crippen LogP contribution in [0.4, 0.5) is 5.69 Å². The third-order valence-electron chi connectivity index (χ3n) is 2.90. The number of esters is 1. The summed E-state index contributed by atoms with van der Waals surface area (Å²) in [5.41, 5.74) is 1.00. The summed E-state index contributed by atoms with van der Waals surface area (Å²) >= 11 is 23.4. The molecule has 4 nitrogen and oxygen atoms in total. The van der Waals surface area contributed by atoms with Gasteiger partial charge in [-0.25, -0.2) is 4.79 Å². The molecule has 0 spiro atoms. The van der Waals surface area contributed by atoms with Gasteiger partial charge in [-0.3, -0.25) is 4.79 Å². The maximum Gasteiger partial charge on any atom is 0.331 e. The van der Waals surface area contributed by atoms with E-state index in [0.29, 0.717) is 31.3 Å². The van der Waals surface area contributed by atoms with Gasteiger partial charge in [0.1, 0.15) is 0 Å². The molecular formula is C17H11Cl4NO3. The molecule has 130 valence electrons. The molecule has 2 aromatic carbocycles. The van der Waals surface area contributed by atoms with Gasteiger partial charge in [0.05, 0.1) is 20.8 Å². The highest BCUT2D eigenvalue weighted by Crippen LogP contribution is 2.25. The summed E-state index contributed by atoms with van der Waals surface area (Å²) in [6, 6.07) is 9.52. The van der Waals surface area contributed by atoms with E-state index in [4.69, 9.17) is 51.1 Å². The molecule has 2 rings (SSSR count). The average Bonchev–Trinajstić information content (AvgIpc) is 2.57. The number of ether oxygens (including phenoxy) is 1. The number of carbonyl (C=O) groups excluding carboxylic acids is 2. The van der Waals surface area contributed by atoms with E-state index >= 15 is 0 Å². The van der Waals surface area contributed by atoms with Crippen LogP contribution in [0.1, 0.15) is 5.56 Å². The molecule has 0 radical (unpaired) electrons. The molecule has 0 heterocycles. The minimum atomic E-state index is -0.682. The Kier molecular flexibility index (Phi) is 7.14. The van der Waals surface area contributed by atoms with Gasteiger partial charge in [0.25, 0.3) is 5.91 Å². The zero-order valence-electron chi connectivity index (χ0n) is 12.6. The fourth-order valence-electron chi connectivity index (χ4n) is 1.74. The first-order chi connectivity index (χ1) is 11.8. The SMILES string of the molecule is O=C(COC(=O)C=Cc1ccc(Cl)c(Cl)c1)Nc1cc(Cl)ccc1Cl. The van der Waals surface area contributed by atoms with Crippen LogP contribution in [0, 0.1) is 0 Å². The zero-order chi connectivity index (χ0) is 18.4. The van der Waals surface area contributed by atoms with Gasteiger partial charge in [-0.2, -0.15) is 0 Å². The Morgan fingerprint density at radius 3 is 2.40 bits per heavy atom. The second kappa shape index (κ2) is 9.11. The van der Waals surface area contributed by atoms with Crippen LogP contribution in [0.3, 0.4) is 0 Å². The maximum atomic E-state index is 11.8. The predicted octanol–water partition coefficient (Wildman–Crippen LogP) is 5.50. The van der Waals surface area contributed by atoms with Gasteiger partial charge < -0.3 is 10.1 Å². The number of benzene rings is 2. The van der Waals surface area contributed by atoms with Gasteiger partial charge in [-0.05, 0) is 42.0 Å². The molecule has 2 aromatic rings. The van der Waals surface area contributed by atoms with Crippen molar-refractivity contribution < 1.29 is 14.3 Å². The number of hydrogen-bond donors (Lipinski definition) is 1. The van der Waals surface area contributed by atoms with Gasteiger partial charge >= 0.3 is 5.97 Å². The molecule has 0 atom stereocenters. The van der Waals surface area contributed by atoms with E-state index in [1.807, 2.05) is 0 Å². The van der Waals surface area contributed by atoms with Gasteiger partial charge in [0.2, 0.25) is 0 Å². The van der Waals surface area contributed by atoms with E-state index in [9.17, 15) is 9.59 Å². The van der Waals surface area contributed by atoms with Crippen molar-refractivity contribution in [2.75, 3.05) is 11.9 Å². The van der Waals surface area contributed by atoms with Crippen LogP contribution < -0.4 is 5.32 Å². The summed E-state index contributed by atoms with van der Waals surface area (Å²) in [6.45, 7) is -0.465. The second-order valence-electron chi connectivity index (χ2n) is 4.79. The van der Waals surface area contributed by atoms with Crippen molar-refractivity contribution in [3.63, 3.8) is 0 Å². The lowest BCUT2D eigenvalue weighted by Gasteiger charge is -2.07. The molecule has 25 heavy (non-hydrogen) atoms. The molecule has 0 aliphatic rings. The quantitative estimate of drug-likeness (QED) is 0.515. The summed E-state index contributed by atoms with van der Waals surface area (Å²) in [5, 5.41) is 4.03. The van der Waals surface area contributed by atoms with Crippen LogP contribution in [0.5, 0.6) is 0 Å². The van der Waals surface area contributed by atoms with Gasteiger partial charge in [-0.1, -0.05) is 52.5 Å². The molecule has 0 aliphatic heterocycles. The summed E-state index contributed by atoms with van der Waals surface area (Å²) in [7, 11) is 0. The third kappa shape index (κ3) is 6.25. The fraction of sp³-hybridized carbons (Fsp3) is 0.0588. The van der Waals surface area contributed by atoms with Crippen molar-refractivity contribution in [2.24, 2.45) is 0 Å². The monoisotopic (exact) mass is 417 g/mol. The third-order valence-corrected chi connectivity index (χ3v) is 4.21.